The molecule has 0 aliphatic carbocycles. The van der Waals surface area contributed by atoms with E-state index < -0.39 is 0 Å². The van der Waals surface area contributed by atoms with Gasteiger partial charge < -0.3 is 4.90 Å². The topological polar surface area (TPSA) is 44.1 Å². The largest absolute Gasteiger partial charge is 0.332 e. The third-order valence-corrected chi connectivity index (χ3v) is 4.21. The highest BCUT2D eigenvalue weighted by Gasteiger charge is 2.30. The van der Waals surface area contributed by atoms with Crippen molar-refractivity contribution in [2.45, 2.75) is 18.9 Å². The first-order chi connectivity index (χ1) is 11.2. The van der Waals surface area contributed by atoms with Gasteiger partial charge in [-0.1, -0.05) is 24.1 Å². The summed E-state index contributed by atoms with van der Waals surface area (Å²) in [6.07, 6.45) is 7.31. The van der Waals surface area contributed by atoms with Gasteiger partial charge in [-0.05, 0) is 48.7 Å². The van der Waals surface area contributed by atoms with E-state index in [0.29, 0.717) is 11.1 Å². The normalized spacial score (nSPS) is 16.6. The second kappa shape index (κ2) is 6.38. The second-order valence-electron chi connectivity index (χ2n) is 5.62. The maximum Gasteiger partial charge on any atom is 0.254 e. The lowest BCUT2D eigenvalue weighted by atomic mass is 10.0. The van der Waals surface area contributed by atoms with E-state index in [4.69, 9.17) is 11.7 Å². The van der Waals surface area contributed by atoms with Crippen molar-refractivity contribution in [3.8, 4) is 18.4 Å². The Kier molecular flexibility index (Phi) is 4.13. The molecule has 3 rings (SSSR count). The Morgan fingerprint density at radius 1 is 1.17 bits per heavy atom. The molecule has 0 spiro atoms. The van der Waals surface area contributed by atoms with E-state index in [2.05, 4.69) is 12.0 Å². The first-order valence-electron chi connectivity index (χ1n) is 7.60. The number of terminal acetylenes is 1. The average Bonchev–Trinajstić information content (AvgIpc) is 3.11. The van der Waals surface area contributed by atoms with Crippen LogP contribution >= 0.6 is 0 Å². The standard InChI is InChI=1S/C20H16N2O/c1-2-15-8-10-17(11-9-15)19-7-4-12-22(19)20(23)18-6-3-5-16(13-18)14-21/h1,3,5-6,8-11,13,19H,4,7,12H2. The van der Waals surface area contributed by atoms with E-state index in [9.17, 15) is 4.79 Å². The molecule has 23 heavy (non-hydrogen) atoms. The van der Waals surface area contributed by atoms with Crippen molar-refractivity contribution >= 4 is 5.91 Å². The number of benzene rings is 2. The number of carbonyl (C=O) groups excluding carboxylic acids is 1. The van der Waals surface area contributed by atoms with Gasteiger partial charge in [-0.3, -0.25) is 4.79 Å². The molecule has 1 aliphatic rings. The summed E-state index contributed by atoms with van der Waals surface area (Å²) in [5, 5.41) is 9.00. The molecule has 0 bridgehead atoms. The Labute approximate surface area is 136 Å². The summed E-state index contributed by atoms with van der Waals surface area (Å²) in [5.41, 5.74) is 3.01. The lowest BCUT2D eigenvalue weighted by Crippen LogP contribution is -2.30. The van der Waals surface area contributed by atoms with Crippen LogP contribution in [0.5, 0.6) is 0 Å². The monoisotopic (exact) mass is 300 g/mol. The maximum absolute atomic E-state index is 12.8. The van der Waals surface area contributed by atoms with Gasteiger partial charge in [0.05, 0.1) is 17.7 Å². The van der Waals surface area contributed by atoms with Crippen molar-refractivity contribution in [1.82, 2.24) is 4.90 Å². The number of hydrogen-bond acceptors (Lipinski definition) is 2. The van der Waals surface area contributed by atoms with Gasteiger partial charge in [0, 0.05) is 17.7 Å². The zero-order chi connectivity index (χ0) is 16.2. The Morgan fingerprint density at radius 2 is 1.96 bits per heavy atom. The molecule has 1 atom stereocenters. The van der Waals surface area contributed by atoms with Gasteiger partial charge in [0.2, 0.25) is 0 Å². The van der Waals surface area contributed by atoms with Gasteiger partial charge in [-0.15, -0.1) is 6.42 Å². The van der Waals surface area contributed by atoms with Gasteiger partial charge >= 0.3 is 0 Å². The summed E-state index contributed by atoms with van der Waals surface area (Å²) in [5.74, 6) is 2.58. The fourth-order valence-corrected chi connectivity index (χ4v) is 3.05. The Hall–Kier alpha value is -3.04. The van der Waals surface area contributed by atoms with Crippen LogP contribution < -0.4 is 0 Å². The third kappa shape index (κ3) is 2.96. The Bertz CT molecular complexity index is 809. The van der Waals surface area contributed by atoms with Crippen molar-refractivity contribution in [1.29, 1.82) is 5.26 Å². The highest BCUT2D eigenvalue weighted by Crippen LogP contribution is 2.33. The van der Waals surface area contributed by atoms with Crippen LogP contribution in [0.3, 0.4) is 0 Å². The number of rotatable bonds is 2. The van der Waals surface area contributed by atoms with Crippen LogP contribution in [-0.2, 0) is 0 Å². The summed E-state index contributed by atoms with van der Waals surface area (Å²) in [6, 6.07) is 16.8. The molecule has 112 valence electrons. The van der Waals surface area contributed by atoms with E-state index in [-0.39, 0.29) is 11.9 Å². The minimum atomic E-state index is -0.0226. The van der Waals surface area contributed by atoms with Crippen LogP contribution in [-0.4, -0.2) is 17.4 Å². The number of carbonyl (C=O) groups is 1. The summed E-state index contributed by atoms with van der Waals surface area (Å²) < 4.78 is 0. The van der Waals surface area contributed by atoms with Gasteiger partial charge in [-0.25, -0.2) is 0 Å². The number of amides is 1. The SMILES string of the molecule is C#Cc1ccc(C2CCCN2C(=O)c2cccc(C#N)c2)cc1. The maximum atomic E-state index is 12.8. The highest BCUT2D eigenvalue weighted by atomic mass is 16.2. The molecule has 3 nitrogen and oxygen atoms in total. The van der Waals surface area contributed by atoms with E-state index >= 15 is 0 Å². The van der Waals surface area contributed by atoms with E-state index in [0.717, 1.165) is 30.5 Å². The number of likely N-dealkylation sites (tertiary alicyclic amines) is 1. The van der Waals surface area contributed by atoms with Crippen molar-refractivity contribution in [2.75, 3.05) is 6.54 Å². The number of nitriles is 1. The molecule has 0 radical (unpaired) electrons. The molecule has 1 heterocycles. The van der Waals surface area contributed by atoms with E-state index in [1.165, 1.54) is 0 Å². The van der Waals surface area contributed by atoms with Gasteiger partial charge in [-0.2, -0.15) is 5.26 Å². The average molecular weight is 300 g/mol. The molecule has 2 aromatic rings. The molecular weight excluding hydrogens is 284 g/mol. The van der Waals surface area contributed by atoms with E-state index in [1.807, 2.05) is 29.2 Å². The molecule has 1 aliphatic heterocycles. The van der Waals surface area contributed by atoms with Crippen LogP contribution in [0.2, 0.25) is 0 Å². The van der Waals surface area contributed by atoms with Crippen molar-refractivity contribution < 1.29 is 4.79 Å². The lowest BCUT2D eigenvalue weighted by molar-refractivity contribution is 0.0735. The summed E-state index contributed by atoms with van der Waals surface area (Å²) >= 11 is 0. The van der Waals surface area contributed by atoms with Crippen LogP contribution in [0.25, 0.3) is 0 Å². The molecule has 2 aromatic carbocycles. The smallest absolute Gasteiger partial charge is 0.254 e. The summed E-state index contributed by atoms with van der Waals surface area (Å²) in [6.45, 7) is 0.733. The highest BCUT2D eigenvalue weighted by molar-refractivity contribution is 5.95. The number of hydrogen-bond donors (Lipinski definition) is 0. The third-order valence-electron chi connectivity index (χ3n) is 4.21. The van der Waals surface area contributed by atoms with Crippen LogP contribution in [0.4, 0.5) is 0 Å². The number of nitrogens with zero attached hydrogens (tertiary/aromatic N) is 2. The second-order valence-corrected chi connectivity index (χ2v) is 5.62. The molecule has 3 heteroatoms. The van der Waals surface area contributed by atoms with Crippen molar-refractivity contribution in [2.24, 2.45) is 0 Å². The lowest BCUT2D eigenvalue weighted by Gasteiger charge is -2.25. The van der Waals surface area contributed by atoms with Crippen LogP contribution in [0.15, 0.2) is 48.5 Å². The van der Waals surface area contributed by atoms with Crippen molar-refractivity contribution in [3.05, 3.63) is 70.8 Å². The molecule has 1 fully saturated rings. The minimum Gasteiger partial charge on any atom is -0.332 e. The first-order valence-corrected chi connectivity index (χ1v) is 7.60. The molecule has 0 aromatic heterocycles. The Morgan fingerprint density at radius 3 is 2.65 bits per heavy atom. The van der Waals surface area contributed by atoms with Crippen molar-refractivity contribution in [3.63, 3.8) is 0 Å². The quantitative estimate of drug-likeness (QED) is 0.797. The van der Waals surface area contributed by atoms with E-state index in [1.54, 1.807) is 24.3 Å². The zero-order valence-corrected chi connectivity index (χ0v) is 12.7. The predicted molar refractivity (Wildman–Crippen MR) is 88.5 cm³/mol. The van der Waals surface area contributed by atoms with Gasteiger partial charge in [0.1, 0.15) is 0 Å². The first kappa shape index (κ1) is 14.9. The van der Waals surface area contributed by atoms with Gasteiger partial charge in [0.15, 0.2) is 0 Å². The predicted octanol–water partition coefficient (Wildman–Crippen LogP) is 3.52. The molecule has 0 saturated carbocycles. The minimum absolute atomic E-state index is 0.0226. The fourth-order valence-electron chi connectivity index (χ4n) is 3.05. The Balaban J connectivity index is 1.87. The van der Waals surface area contributed by atoms with Crippen LogP contribution in [0, 0.1) is 23.7 Å². The summed E-state index contributed by atoms with van der Waals surface area (Å²) in [7, 11) is 0. The molecule has 0 N–H and O–H groups in total. The van der Waals surface area contributed by atoms with Gasteiger partial charge in [0.25, 0.3) is 5.91 Å². The summed E-state index contributed by atoms with van der Waals surface area (Å²) in [4.78, 5) is 14.7. The van der Waals surface area contributed by atoms with Crippen LogP contribution in [0.1, 0.15) is 45.9 Å². The zero-order valence-electron chi connectivity index (χ0n) is 12.7. The molecular formula is C20H16N2O. The molecule has 1 amide bonds. The molecule has 1 saturated heterocycles. The molecule has 1 unspecified atom stereocenters. The fraction of sp³-hybridized carbons (Fsp3) is 0.200.